The summed E-state index contributed by atoms with van der Waals surface area (Å²) in [6.07, 6.45) is 74.2. The molecule has 0 heterocycles. The van der Waals surface area contributed by atoms with Gasteiger partial charge in [-0.2, -0.15) is 0 Å². The topological polar surface area (TPSA) is 111 Å². The number of nitrogens with zero attached hydrogens (tertiary/aromatic N) is 1. The molecule has 0 saturated carbocycles. The Morgan fingerprint density at radius 3 is 1.16 bits per heavy atom. The fourth-order valence-corrected chi connectivity index (χ4v) is 8.32. The average Bonchev–Trinajstić information content (AvgIpc) is 3.35. The molecule has 0 aliphatic carbocycles. The molecule has 10 heteroatoms. The molecular weight excluding hydrogens is 930 g/mol. The van der Waals surface area contributed by atoms with Crippen LogP contribution in [0, 0.1) is 0 Å². The molecule has 0 aromatic rings. The molecular formula is C63H108NO8P. The number of allylic oxidation sites excluding steroid dienone is 18. The zero-order valence-corrected chi connectivity index (χ0v) is 48.2. The maximum absolute atomic E-state index is 12.8. The molecule has 0 saturated heterocycles. The Labute approximate surface area is 448 Å². The molecule has 0 aliphatic rings. The lowest BCUT2D eigenvalue weighted by atomic mass is 10.0. The molecule has 0 aromatic carbocycles. The predicted molar refractivity (Wildman–Crippen MR) is 309 cm³/mol. The summed E-state index contributed by atoms with van der Waals surface area (Å²) in [4.78, 5) is 37.8. The van der Waals surface area contributed by atoms with Crippen molar-refractivity contribution >= 4 is 19.8 Å². The van der Waals surface area contributed by atoms with Crippen molar-refractivity contribution in [2.45, 2.75) is 232 Å². The Morgan fingerprint density at radius 2 is 0.781 bits per heavy atom. The maximum Gasteiger partial charge on any atom is 0.306 e. The Balaban J connectivity index is 4.17. The van der Waals surface area contributed by atoms with Crippen molar-refractivity contribution in [1.82, 2.24) is 0 Å². The van der Waals surface area contributed by atoms with Gasteiger partial charge in [-0.25, -0.2) is 0 Å². The Bertz CT molecular complexity index is 1600. The summed E-state index contributed by atoms with van der Waals surface area (Å²) in [5, 5.41) is 0. The number of quaternary nitrogens is 1. The molecule has 0 N–H and O–H groups in total. The van der Waals surface area contributed by atoms with Crippen molar-refractivity contribution in [2.75, 3.05) is 47.5 Å². The second-order valence-corrected chi connectivity index (χ2v) is 21.7. The number of carbonyl (C=O) groups excluding carboxylic acids is 2. The molecule has 0 radical (unpaired) electrons. The van der Waals surface area contributed by atoms with Crippen LogP contribution >= 0.6 is 7.82 Å². The van der Waals surface area contributed by atoms with E-state index in [0.29, 0.717) is 17.4 Å². The van der Waals surface area contributed by atoms with Gasteiger partial charge >= 0.3 is 11.9 Å². The summed E-state index contributed by atoms with van der Waals surface area (Å²) < 4.78 is 34.1. The highest BCUT2D eigenvalue weighted by Gasteiger charge is 2.21. The monoisotopic (exact) mass is 1040 g/mol. The van der Waals surface area contributed by atoms with Gasteiger partial charge in [0.25, 0.3) is 7.82 Å². The molecule has 2 unspecified atom stereocenters. The number of phosphoric ester groups is 1. The quantitative estimate of drug-likeness (QED) is 0.0195. The molecule has 0 amide bonds. The van der Waals surface area contributed by atoms with Gasteiger partial charge in [-0.3, -0.25) is 14.2 Å². The van der Waals surface area contributed by atoms with E-state index in [2.05, 4.69) is 123 Å². The number of rotatable bonds is 52. The largest absolute Gasteiger partial charge is 0.756 e. The van der Waals surface area contributed by atoms with Gasteiger partial charge in [0, 0.05) is 12.8 Å². The van der Waals surface area contributed by atoms with Gasteiger partial charge in [-0.05, 0) is 83.5 Å². The van der Waals surface area contributed by atoms with Gasteiger partial charge in [0.1, 0.15) is 19.8 Å². The van der Waals surface area contributed by atoms with Gasteiger partial charge in [0.15, 0.2) is 6.10 Å². The minimum Gasteiger partial charge on any atom is -0.756 e. The number of hydrogen-bond donors (Lipinski definition) is 0. The van der Waals surface area contributed by atoms with Crippen LogP contribution in [0.2, 0.25) is 0 Å². The minimum absolute atomic E-state index is 0.0371. The summed E-state index contributed by atoms with van der Waals surface area (Å²) >= 11 is 0. The van der Waals surface area contributed by atoms with E-state index in [1.165, 1.54) is 89.9 Å². The summed E-state index contributed by atoms with van der Waals surface area (Å²) in [5.74, 6) is -0.848. The number of likely N-dealkylation sites (N-methyl/N-ethyl adjacent to an activating group) is 1. The summed E-state index contributed by atoms with van der Waals surface area (Å²) in [6.45, 7) is 4.11. The third-order valence-electron chi connectivity index (χ3n) is 12.1. The van der Waals surface area contributed by atoms with Gasteiger partial charge in [-0.1, -0.05) is 239 Å². The third kappa shape index (κ3) is 57.8. The number of phosphoric acid groups is 1. The average molecular weight is 1040 g/mol. The smallest absolute Gasteiger partial charge is 0.306 e. The highest BCUT2D eigenvalue weighted by Crippen LogP contribution is 2.38. The molecule has 0 aliphatic heterocycles. The summed E-state index contributed by atoms with van der Waals surface area (Å²) in [7, 11) is 1.15. The molecule has 0 bridgehead atoms. The highest BCUT2D eigenvalue weighted by molar-refractivity contribution is 7.45. The van der Waals surface area contributed by atoms with Crippen molar-refractivity contribution in [3.8, 4) is 0 Å². The van der Waals surface area contributed by atoms with Crippen LogP contribution in [0.25, 0.3) is 0 Å². The lowest BCUT2D eigenvalue weighted by Crippen LogP contribution is -2.37. The summed E-state index contributed by atoms with van der Waals surface area (Å²) in [5.41, 5.74) is 0. The first-order valence-electron chi connectivity index (χ1n) is 29.1. The Hall–Kier alpha value is -3.33. The SMILES string of the molecule is CC/C=C\C/C=C\C/C=C\C/C=C\C/C=C\C/C=C\C/C=C\C/C=C\C/C=C\CCCCCCCCCC(=O)OC(COC(=O)CCCCCCCCCCCCCCCC)COP(=O)([O-])OCC[N+](C)(C)C. The molecule has 418 valence electrons. The summed E-state index contributed by atoms with van der Waals surface area (Å²) in [6, 6.07) is 0. The van der Waals surface area contributed by atoms with E-state index in [9.17, 15) is 19.0 Å². The van der Waals surface area contributed by atoms with E-state index in [0.717, 1.165) is 103 Å². The van der Waals surface area contributed by atoms with Crippen LogP contribution in [0.15, 0.2) is 109 Å². The van der Waals surface area contributed by atoms with E-state index >= 15 is 0 Å². The van der Waals surface area contributed by atoms with Crippen molar-refractivity contribution in [1.29, 1.82) is 0 Å². The number of unbranched alkanes of at least 4 members (excludes halogenated alkanes) is 20. The lowest BCUT2D eigenvalue weighted by Gasteiger charge is -2.28. The fraction of sp³-hybridized carbons (Fsp3) is 0.683. The van der Waals surface area contributed by atoms with E-state index in [4.69, 9.17) is 18.5 Å². The van der Waals surface area contributed by atoms with Crippen LogP contribution in [-0.4, -0.2) is 70.0 Å². The second-order valence-electron chi connectivity index (χ2n) is 20.3. The number of hydrogen-bond acceptors (Lipinski definition) is 8. The Kier molecular flexibility index (Phi) is 51.1. The minimum atomic E-state index is -4.64. The fourth-order valence-electron chi connectivity index (χ4n) is 7.59. The van der Waals surface area contributed by atoms with Crippen molar-refractivity contribution in [3.63, 3.8) is 0 Å². The van der Waals surface area contributed by atoms with Gasteiger partial charge in [0.05, 0.1) is 27.7 Å². The second kappa shape index (κ2) is 53.5. The van der Waals surface area contributed by atoms with Crippen LogP contribution in [-0.2, 0) is 32.7 Å². The normalized spacial score (nSPS) is 14.1. The molecule has 9 nitrogen and oxygen atoms in total. The van der Waals surface area contributed by atoms with Gasteiger partial charge in [0.2, 0.25) is 0 Å². The maximum atomic E-state index is 12.8. The van der Waals surface area contributed by atoms with E-state index < -0.39 is 26.5 Å². The number of ether oxygens (including phenoxy) is 2. The Morgan fingerprint density at radius 1 is 0.438 bits per heavy atom. The van der Waals surface area contributed by atoms with E-state index in [1.54, 1.807) is 0 Å². The van der Waals surface area contributed by atoms with Gasteiger partial charge in [-0.15, -0.1) is 0 Å². The molecule has 0 rings (SSSR count). The standard InChI is InChI=1S/C63H108NO8P/c1-6-8-10-12-14-16-18-20-22-23-24-25-26-27-28-29-30-31-32-33-34-35-36-37-38-39-40-41-42-44-46-48-50-52-54-56-63(66)72-61(60-71-73(67,68)70-58-57-64(3,4)5)59-69-62(65)55-53-51-49-47-45-43-21-19-17-15-13-11-9-7-2/h8,10,14,16,20,22,24-25,27-28,30-31,33-34,36-37,39-40,61H,6-7,9,11-13,15,17-19,21,23,26,29,32,35,38,41-60H2,1-5H3/b10-8-,16-14-,22-20-,25-24-,28-27-,31-30-,34-33-,37-36-,40-39-. The van der Waals surface area contributed by atoms with Crippen LogP contribution < -0.4 is 4.89 Å². The molecule has 0 aromatic heterocycles. The first-order valence-corrected chi connectivity index (χ1v) is 30.6. The van der Waals surface area contributed by atoms with Crippen molar-refractivity contribution in [2.24, 2.45) is 0 Å². The first-order chi connectivity index (χ1) is 35.5. The van der Waals surface area contributed by atoms with Crippen LogP contribution in [0.5, 0.6) is 0 Å². The van der Waals surface area contributed by atoms with Crippen molar-refractivity contribution < 1.29 is 42.1 Å². The zero-order chi connectivity index (χ0) is 53.5. The predicted octanol–water partition coefficient (Wildman–Crippen LogP) is 17.6. The molecule has 2 atom stereocenters. The van der Waals surface area contributed by atoms with Gasteiger partial charge < -0.3 is 27.9 Å². The lowest BCUT2D eigenvalue weighted by molar-refractivity contribution is -0.870. The molecule has 73 heavy (non-hydrogen) atoms. The zero-order valence-electron chi connectivity index (χ0n) is 47.3. The van der Waals surface area contributed by atoms with Crippen LogP contribution in [0.4, 0.5) is 0 Å². The van der Waals surface area contributed by atoms with E-state index in [-0.39, 0.29) is 32.0 Å². The van der Waals surface area contributed by atoms with Crippen molar-refractivity contribution in [3.05, 3.63) is 109 Å². The molecule has 0 spiro atoms. The van der Waals surface area contributed by atoms with Crippen LogP contribution in [0.1, 0.15) is 226 Å². The number of esters is 2. The van der Waals surface area contributed by atoms with E-state index in [1.807, 2.05) is 21.1 Å². The molecule has 0 fully saturated rings. The number of carbonyl (C=O) groups is 2. The van der Waals surface area contributed by atoms with Crippen LogP contribution in [0.3, 0.4) is 0 Å². The third-order valence-corrected chi connectivity index (χ3v) is 13.0. The first kappa shape index (κ1) is 69.7. The highest BCUT2D eigenvalue weighted by atomic mass is 31.2.